The van der Waals surface area contributed by atoms with E-state index in [-0.39, 0.29) is 5.78 Å². The summed E-state index contributed by atoms with van der Waals surface area (Å²) < 4.78 is 1.74. The highest BCUT2D eigenvalue weighted by molar-refractivity contribution is 7.17. The minimum atomic E-state index is 0.0512. The van der Waals surface area contributed by atoms with E-state index >= 15 is 0 Å². The standard InChI is InChI=1S/C22H16N8OS/c1-11(31)17-3-4-18(32-17)13-5-6-23-21-19(13)26-22(27-21)20-14-7-15(12-8-25-30(2)10-12)24-9-16(14)28-29-20/h3-10H,1-2H3,(H,28,29)(H,23,26,27). The number of thiophene rings is 1. The average molecular weight is 440 g/mol. The Bertz CT molecular complexity index is 1640. The van der Waals surface area contributed by atoms with Crippen LogP contribution in [-0.2, 0) is 7.05 Å². The molecule has 0 unspecified atom stereocenters. The number of aryl methyl sites for hydroxylation is 1. The van der Waals surface area contributed by atoms with Crippen molar-refractivity contribution in [3.63, 3.8) is 0 Å². The third kappa shape index (κ3) is 2.92. The van der Waals surface area contributed by atoms with E-state index in [2.05, 4.69) is 30.2 Å². The molecule has 6 aromatic rings. The summed E-state index contributed by atoms with van der Waals surface area (Å²) in [6.07, 6.45) is 7.19. The van der Waals surface area contributed by atoms with Gasteiger partial charge in [-0.15, -0.1) is 11.3 Å². The SMILES string of the molecule is CC(=O)c1ccc(-c2ccnc3[nH]c(-c4n[nH]c5cnc(-c6cnn(C)c6)cc45)nc23)s1. The second-order valence-corrected chi connectivity index (χ2v) is 8.54. The maximum atomic E-state index is 11.7. The summed E-state index contributed by atoms with van der Waals surface area (Å²) in [6.45, 7) is 1.57. The first-order valence-electron chi connectivity index (χ1n) is 9.86. The van der Waals surface area contributed by atoms with Gasteiger partial charge in [0.05, 0.1) is 28.5 Å². The van der Waals surface area contributed by atoms with Crippen molar-refractivity contribution in [2.75, 3.05) is 0 Å². The molecule has 9 nitrogen and oxygen atoms in total. The van der Waals surface area contributed by atoms with E-state index in [9.17, 15) is 4.79 Å². The molecular formula is C22H16N8OS. The van der Waals surface area contributed by atoms with Gasteiger partial charge in [-0.05, 0) is 31.2 Å². The summed E-state index contributed by atoms with van der Waals surface area (Å²) in [4.78, 5) is 30.5. The molecule has 0 aromatic carbocycles. The van der Waals surface area contributed by atoms with Gasteiger partial charge in [0.1, 0.15) is 11.2 Å². The number of carbonyl (C=O) groups is 1. The van der Waals surface area contributed by atoms with Crippen LogP contribution in [0.2, 0.25) is 0 Å². The van der Waals surface area contributed by atoms with Crippen molar-refractivity contribution in [2.45, 2.75) is 6.92 Å². The summed E-state index contributed by atoms with van der Waals surface area (Å²) in [5.74, 6) is 0.660. The van der Waals surface area contributed by atoms with E-state index in [1.165, 1.54) is 11.3 Å². The Hall–Kier alpha value is -4.18. The summed E-state index contributed by atoms with van der Waals surface area (Å²) in [6, 6.07) is 7.68. The highest BCUT2D eigenvalue weighted by atomic mass is 32.1. The predicted octanol–water partition coefficient (Wildman–Crippen LogP) is 4.23. The van der Waals surface area contributed by atoms with Gasteiger partial charge in [0.2, 0.25) is 0 Å². The fourth-order valence-electron chi connectivity index (χ4n) is 3.70. The van der Waals surface area contributed by atoms with E-state index < -0.39 is 0 Å². The van der Waals surface area contributed by atoms with E-state index in [4.69, 9.17) is 4.98 Å². The number of hydrogen-bond donors (Lipinski definition) is 2. The predicted molar refractivity (Wildman–Crippen MR) is 122 cm³/mol. The van der Waals surface area contributed by atoms with Gasteiger partial charge in [-0.3, -0.25) is 19.6 Å². The molecule has 0 saturated heterocycles. The fourth-order valence-corrected chi connectivity index (χ4v) is 4.63. The van der Waals surface area contributed by atoms with E-state index in [0.29, 0.717) is 17.2 Å². The Morgan fingerprint density at radius 1 is 1.16 bits per heavy atom. The zero-order valence-corrected chi connectivity index (χ0v) is 17.9. The van der Waals surface area contributed by atoms with Crippen LogP contribution in [0.1, 0.15) is 16.6 Å². The van der Waals surface area contributed by atoms with Crippen molar-refractivity contribution >= 4 is 39.2 Å². The first-order valence-corrected chi connectivity index (χ1v) is 10.7. The molecule has 0 atom stereocenters. The molecule has 6 rings (SSSR count). The molecule has 2 N–H and O–H groups in total. The molecule has 0 fully saturated rings. The number of nitrogens with one attached hydrogen (secondary N) is 2. The smallest absolute Gasteiger partial charge is 0.169 e. The Morgan fingerprint density at radius 3 is 2.84 bits per heavy atom. The van der Waals surface area contributed by atoms with Gasteiger partial charge >= 0.3 is 0 Å². The molecule has 10 heteroatoms. The minimum Gasteiger partial charge on any atom is -0.321 e. The molecule has 0 aliphatic rings. The van der Waals surface area contributed by atoms with E-state index in [0.717, 1.165) is 43.0 Å². The summed E-state index contributed by atoms with van der Waals surface area (Å²) in [7, 11) is 1.87. The van der Waals surface area contributed by atoms with Crippen LogP contribution in [0, 0.1) is 0 Å². The lowest BCUT2D eigenvalue weighted by atomic mass is 10.1. The second-order valence-electron chi connectivity index (χ2n) is 7.45. The molecule has 0 radical (unpaired) electrons. The van der Waals surface area contributed by atoms with Crippen molar-refractivity contribution in [1.29, 1.82) is 0 Å². The van der Waals surface area contributed by atoms with Crippen molar-refractivity contribution in [3.05, 3.63) is 53.9 Å². The number of rotatable bonds is 4. The number of imidazole rings is 1. The van der Waals surface area contributed by atoms with Crippen LogP contribution in [0.25, 0.3) is 55.3 Å². The highest BCUT2D eigenvalue weighted by Crippen LogP contribution is 2.34. The first-order chi connectivity index (χ1) is 15.6. The van der Waals surface area contributed by atoms with Crippen molar-refractivity contribution in [3.8, 4) is 33.2 Å². The van der Waals surface area contributed by atoms with Crippen molar-refractivity contribution in [1.82, 2.24) is 39.9 Å². The monoisotopic (exact) mass is 440 g/mol. The second kappa shape index (κ2) is 6.92. The molecule has 32 heavy (non-hydrogen) atoms. The minimum absolute atomic E-state index is 0.0512. The van der Waals surface area contributed by atoms with Crippen LogP contribution in [0.3, 0.4) is 0 Å². The van der Waals surface area contributed by atoms with Gasteiger partial charge in [-0.25, -0.2) is 9.97 Å². The maximum Gasteiger partial charge on any atom is 0.169 e. The number of nitrogens with zero attached hydrogens (tertiary/aromatic N) is 6. The summed E-state index contributed by atoms with van der Waals surface area (Å²) >= 11 is 1.45. The molecule has 0 bridgehead atoms. The normalized spacial score (nSPS) is 11.6. The van der Waals surface area contributed by atoms with Crippen LogP contribution in [0.5, 0.6) is 0 Å². The molecule has 156 valence electrons. The number of fused-ring (bicyclic) bond motifs is 2. The third-order valence-corrected chi connectivity index (χ3v) is 6.49. The molecule has 0 aliphatic carbocycles. The molecule has 0 aliphatic heterocycles. The lowest BCUT2D eigenvalue weighted by molar-refractivity contribution is 0.102. The molecule has 0 spiro atoms. The Labute approximate surface area is 185 Å². The highest BCUT2D eigenvalue weighted by Gasteiger charge is 2.18. The number of Topliss-reactive ketones (excluding diaryl/α,β-unsaturated/α-hetero) is 1. The van der Waals surface area contributed by atoms with Gasteiger partial charge in [0.15, 0.2) is 17.3 Å². The van der Waals surface area contributed by atoms with Crippen LogP contribution in [0.4, 0.5) is 0 Å². The van der Waals surface area contributed by atoms with Crippen LogP contribution in [0.15, 0.2) is 49.1 Å². The number of carbonyl (C=O) groups excluding carboxylic acids is 1. The number of aromatic amines is 2. The number of pyridine rings is 2. The number of H-pyrrole nitrogens is 2. The molecule has 6 aromatic heterocycles. The Kier molecular flexibility index (Phi) is 4.02. The van der Waals surface area contributed by atoms with Gasteiger partial charge in [0, 0.05) is 40.8 Å². The Balaban J connectivity index is 1.49. The van der Waals surface area contributed by atoms with Gasteiger partial charge in [-0.1, -0.05) is 0 Å². The quantitative estimate of drug-likeness (QED) is 0.396. The lowest BCUT2D eigenvalue weighted by Crippen LogP contribution is -1.85. The number of hydrogen-bond acceptors (Lipinski definition) is 7. The molecule has 0 amide bonds. The largest absolute Gasteiger partial charge is 0.321 e. The zero-order valence-electron chi connectivity index (χ0n) is 17.1. The van der Waals surface area contributed by atoms with E-state index in [1.807, 2.05) is 37.5 Å². The Morgan fingerprint density at radius 2 is 2.06 bits per heavy atom. The molecule has 6 heterocycles. The van der Waals surface area contributed by atoms with Crippen molar-refractivity contribution < 1.29 is 4.79 Å². The number of ketones is 1. The summed E-state index contributed by atoms with van der Waals surface area (Å²) in [5.41, 5.74) is 5.54. The fraction of sp³-hybridized carbons (Fsp3) is 0.0909. The average Bonchev–Trinajstić information content (AvgIpc) is 3.56. The third-order valence-electron chi connectivity index (χ3n) is 5.28. The molecule has 0 saturated carbocycles. The molecular weight excluding hydrogens is 424 g/mol. The van der Waals surface area contributed by atoms with Crippen LogP contribution >= 0.6 is 11.3 Å². The summed E-state index contributed by atoms with van der Waals surface area (Å²) in [5, 5.41) is 12.6. The zero-order chi connectivity index (χ0) is 21.8. The van der Waals surface area contributed by atoms with Gasteiger partial charge in [-0.2, -0.15) is 10.2 Å². The maximum absolute atomic E-state index is 11.7. The van der Waals surface area contributed by atoms with Gasteiger partial charge < -0.3 is 4.98 Å². The van der Waals surface area contributed by atoms with Crippen molar-refractivity contribution in [2.24, 2.45) is 7.05 Å². The van der Waals surface area contributed by atoms with Crippen LogP contribution in [-0.4, -0.2) is 45.7 Å². The lowest BCUT2D eigenvalue weighted by Gasteiger charge is -1.98. The number of aromatic nitrogens is 8. The van der Waals surface area contributed by atoms with Crippen LogP contribution < -0.4 is 0 Å². The topological polar surface area (TPSA) is 118 Å². The van der Waals surface area contributed by atoms with E-state index in [1.54, 1.807) is 30.2 Å². The first kappa shape index (κ1) is 18.6. The van der Waals surface area contributed by atoms with Gasteiger partial charge in [0.25, 0.3) is 0 Å².